The van der Waals surface area contributed by atoms with Gasteiger partial charge in [0.25, 0.3) is 0 Å². The molecule has 186 valence electrons. The molecule has 0 aromatic carbocycles. The second kappa shape index (κ2) is 6.84. The Kier molecular flexibility index (Phi) is 4.88. The van der Waals surface area contributed by atoms with E-state index in [1.54, 1.807) is 0 Å². The monoisotopic (exact) mass is 464 g/mol. The van der Waals surface area contributed by atoms with Crippen LogP contribution in [0.5, 0.6) is 0 Å². The second-order valence-corrected chi connectivity index (χ2v) is 14.9. The van der Waals surface area contributed by atoms with Crippen LogP contribution in [-0.2, 0) is 9.59 Å². The first-order valence-electron chi connectivity index (χ1n) is 13.5. The molecule has 0 amide bonds. The van der Waals surface area contributed by atoms with Gasteiger partial charge < -0.3 is 10.5 Å². The van der Waals surface area contributed by atoms with Crippen molar-refractivity contribution in [3.63, 3.8) is 0 Å². The van der Waals surface area contributed by atoms with Crippen molar-refractivity contribution < 1.29 is 9.59 Å². The molecule has 5 aliphatic carbocycles. The molecule has 0 aromatic rings. The SMILES string of the molecule is [C-]#[N+]C1=C[C@]2(C)[C@H]3CC(=O)[C@@H]4[C@@H]5CC(C)(C)CC[C@]5(N)CC[C@@]4(C)[C@]3(C)CC[C@H]2C(C)(C)C1=O. The number of fused-ring (bicyclic) bond motifs is 7. The van der Waals surface area contributed by atoms with Crippen LogP contribution in [0.15, 0.2) is 11.8 Å². The average Bonchev–Trinajstić information content (AvgIpc) is 2.74. The van der Waals surface area contributed by atoms with Gasteiger partial charge >= 0.3 is 0 Å². The Morgan fingerprint density at radius 1 is 0.912 bits per heavy atom. The lowest BCUT2D eigenvalue weighted by molar-refractivity contribution is -0.213. The molecular weight excluding hydrogens is 420 g/mol. The van der Waals surface area contributed by atoms with Crippen molar-refractivity contribution in [2.45, 2.75) is 105 Å². The maximum absolute atomic E-state index is 14.2. The Hall–Kier alpha value is -1.47. The number of ketones is 2. The molecule has 0 heterocycles. The highest BCUT2D eigenvalue weighted by molar-refractivity contribution is 6.02. The molecular formula is C30H44N2O2. The number of allylic oxidation sites excluding steroid dienone is 2. The van der Waals surface area contributed by atoms with Crippen LogP contribution in [0.25, 0.3) is 4.85 Å². The molecule has 4 fully saturated rings. The number of rotatable bonds is 0. The Balaban J connectivity index is 1.63. The maximum Gasteiger partial charge on any atom is 0.226 e. The molecule has 8 atom stereocenters. The molecule has 0 unspecified atom stereocenters. The van der Waals surface area contributed by atoms with Crippen LogP contribution in [0, 0.1) is 57.3 Å². The summed E-state index contributed by atoms with van der Waals surface area (Å²) in [6.45, 7) is 23.6. The molecule has 34 heavy (non-hydrogen) atoms. The minimum Gasteiger partial charge on any atom is -0.325 e. The second-order valence-electron chi connectivity index (χ2n) is 14.9. The lowest BCUT2D eigenvalue weighted by Crippen LogP contribution is -2.71. The fourth-order valence-corrected chi connectivity index (χ4v) is 10.3. The van der Waals surface area contributed by atoms with Gasteiger partial charge in [0, 0.05) is 23.3 Å². The maximum atomic E-state index is 14.2. The van der Waals surface area contributed by atoms with Crippen LogP contribution in [-0.4, -0.2) is 17.1 Å². The van der Waals surface area contributed by atoms with Crippen molar-refractivity contribution in [3.8, 4) is 0 Å². The van der Waals surface area contributed by atoms with Gasteiger partial charge in [-0.25, -0.2) is 4.85 Å². The average molecular weight is 465 g/mol. The van der Waals surface area contributed by atoms with Crippen LogP contribution in [0.4, 0.5) is 0 Å². The lowest BCUT2D eigenvalue weighted by atomic mass is 9.32. The largest absolute Gasteiger partial charge is 0.325 e. The van der Waals surface area contributed by atoms with Crippen molar-refractivity contribution in [3.05, 3.63) is 23.2 Å². The van der Waals surface area contributed by atoms with Crippen LogP contribution < -0.4 is 5.73 Å². The third-order valence-corrected chi connectivity index (χ3v) is 12.5. The molecule has 0 aliphatic heterocycles. The number of carbonyl (C=O) groups excluding carboxylic acids is 2. The fraction of sp³-hybridized carbons (Fsp3) is 0.833. The summed E-state index contributed by atoms with van der Waals surface area (Å²) in [5, 5.41) is 0. The summed E-state index contributed by atoms with van der Waals surface area (Å²) >= 11 is 0. The highest BCUT2D eigenvalue weighted by Gasteiger charge is 2.71. The highest BCUT2D eigenvalue weighted by atomic mass is 16.1. The van der Waals surface area contributed by atoms with Gasteiger partial charge in [0.2, 0.25) is 5.70 Å². The Morgan fingerprint density at radius 3 is 2.21 bits per heavy atom. The Morgan fingerprint density at radius 2 is 1.56 bits per heavy atom. The molecule has 0 radical (unpaired) electrons. The summed E-state index contributed by atoms with van der Waals surface area (Å²) < 4.78 is 0. The van der Waals surface area contributed by atoms with Crippen LogP contribution in [0.3, 0.4) is 0 Å². The molecule has 5 rings (SSSR count). The predicted molar refractivity (Wildman–Crippen MR) is 134 cm³/mol. The van der Waals surface area contributed by atoms with E-state index in [4.69, 9.17) is 12.3 Å². The molecule has 4 saturated carbocycles. The fourth-order valence-electron chi connectivity index (χ4n) is 10.3. The highest BCUT2D eigenvalue weighted by Crippen LogP contribution is 2.74. The zero-order valence-corrected chi connectivity index (χ0v) is 22.4. The van der Waals surface area contributed by atoms with E-state index >= 15 is 0 Å². The zero-order chi connectivity index (χ0) is 25.1. The minimum absolute atomic E-state index is 0.0140. The van der Waals surface area contributed by atoms with Gasteiger partial charge in [0.05, 0.1) is 6.57 Å². The van der Waals surface area contributed by atoms with E-state index < -0.39 is 5.41 Å². The summed E-state index contributed by atoms with van der Waals surface area (Å²) in [6.07, 6.45) is 9.80. The molecule has 4 heteroatoms. The molecule has 2 N–H and O–H groups in total. The summed E-state index contributed by atoms with van der Waals surface area (Å²) in [6, 6.07) is 0. The predicted octanol–water partition coefficient (Wildman–Crippen LogP) is 6.35. The van der Waals surface area contributed by atoms with Gasteiger partial charge in [-0.1, -0.05) is 54.5 Å². The molecule has 5 aliphatic rings. The molecule has 0 bridgehead atoms. The zero-order valence-electron chi connectivity index (χ0n) is 22.4. The van der Waals surface area contributed by atoms with Crippen LogP contribution in [0.1, 0.15) is 99.8 Å². The van der Waals surface area contributed by atoms with Gasteiger partial charge in [-0.2, -0.15) is 0 Å². The van der Waals surface area contributed by atoms with Crippen molar-refractivity contribution in [2.24, 2.45) is 56.5 Å². The van der Waals surface area contributed by atoms with Crippen molar-refractivity contribution in [1.82, 2.24) is 0 Å². The molecule has 4 nitrogen and oxygen atoms in total. The van der Waals surface area contributed by atoms with Gasteiger partial charge in [-0.3, -0.25) is 4.79 Å². The molecule has 0 spiro atoms. The third-order valence-electron chi connectivity index (χ3n) is 12.5. The van der Waals surface area contributed by atoms with Crippen molar-refractivity contribution >= 4 is 11.6 Å². The smallest absolute Gasteiger partial charge is 0.226 e. The molecule has 0 aromatic heterocycles. The number of hydrogen-bond donors (Lipinski definition) is 1. The van der Waals surface area contributed by atoms with Gasteiger partial charge in [0.1, 0.15) is 5.78 Å². The summed E-state index contributed by atoms with van der Waals surface area (Å²) in [5.41, 5.74) is 6.41. The van der Waals surface area contributed by atoms with E-state index in [-0.39, 0.29) is 62.4 Å². The van der Waals surface area contributed by atoms with Crippen molar-refractivity contribution in [1.29, 1.82) is 0 Å². The normalized spacial score (nSPS) is 51.2. The van der Waals surface area contributed by atoms with Crippen molar-refractivity contribution in [2.75, 3.05) is 0 Å². The number of nitrogens with zero attached hydrogens (tertiary/aromatic N) is 1. The van der Waals surface area contributed by atoms with Crippen LogP contribution in [0.2, 0.25) is 0 Å². The number of nitrogens with two attached hydrogens (primary N) is 1. The topological polar surface area (TPSA) is 64.5 Å². The van der Waals surface area contributed by atoms with Crippen LogP contribution >= 0.6 is 0 Å². The number of Topliss-reactive ketones (excluding diaryl/α,β-unsaturated/α-hetero) is 2. The first-order chi connectivity index (χ1) is 15.6. The van der Waals surface area contributed by atoms with E-state index in [2.05, 4.69) is 39.5 Å². The van der Waals surface area contributed by atoms with E-state index in [0.717, 1.165) is 44.9 Å². The van der Waals surface area contributed by atoms with E-state index in [0.29, 0.717) is 12.2 Å². The van der Waals surface area contributed by atoms with E-state index in [9.17, 15) is 9.59 Å². The summed E-state index contributed by atoms with van der Waals surface area (Å²) in [7, 11) is 0. The first-order valence-corrected chi connectivity index (χ1v) is 13.5. The number of carbonyl (C=O) groups is 2. The summed E-state index contributed by atoms with van der Waals surface area (Å²) in [5.74, 6) is 0.971. The van der Waals surface area contributed by atoms with Gasteiger partial charge in [0.15, 0.2) is 5.78 Å². The van der Waals surface area contributed by atoms with Gasteiger partial charge in [-0.15, -0.1) is 0 Å². The van der Waals surface area contributed by atoms with E-state index in [1.807, 2.05) is 19.9 Å². The summed E-state index contributed by atoms with van der Waals surface area (Å²) in [4.78, 5) is 31.1. The standard InChI is InChI=1S/C30H44N2O2/c1-25(2)11-13-30(31)14-12-29(7)23(18(30)16-25)20(33)15-22-27(5)17-19(32-8)24(34)26(3,4)21(27)9-10-28(22,29)6/h17-18,21-23H,9-16,31H2,1-7H3/t18-,21-,22+,23-,27-,28+,29+,30-/m0/s1. The number of hydrogen-bond acceptors (Lipinski definition) is 3. The Bertz CT molecular complexity index is 1030. The van der Waals surface area contributed by atoms with Gasteiger partial charge in [-0.05, 0) is 84.4 Å². The quantitative estimate of drug-likeness (QED) is 0.425. The third kappa shape index (κ3) is 2.80. The molecule has 0 saturated heterocycles. The van der Waals surface area contributed by atoms with E-state index in [1.165, 1.54) is 0 Å². The Labute approximate surface area is 206 Å². The minimum atomic E-state index is -0.572. The lowest BCUT2D eigenvalue weighted by Gasteiger charge is -2.71. The first kappa shape index (κ1) is 24.2.